The molecule has 0 aliphatic heterocycles. The molecule has 0 fully saturated rings. The third-order valence-corrected chi connectivity index (χ3v) is 2.91. The van der Waals surface area contributed by atoms with Crippen LogP contribution in [0.15, 0.2) is 30.3 Å². The summed E-state index contributed by atoms with van der Waals surface area (Å²) in [6.07, 6.45) is 0. The fourth-order valence-corrected chi connectivity index (χ4v) is 1.80. The third kappa shape index (κ3) is 3.85. The summed E-state index contributed by atoms with van der Waals surface area (Å²) in [6.45, 7) is 6.63. The van der Waals surface area contributed by atoms with Gasteiger partial charge in [-0.3, -0.25) is 4.90 Å². The molecule has 1 aromatic carbocycles. The first-order valence-electron chi connectivity index (χ1n) is 5.86. The van der Waals surface area contributed by atoms with E-state index in [0.29, 0.717) is 13.1 Å². The van der Waals surface area contributed by atoms with Gasteiger partial charge in [0.05, 0.1) is 18.2 Å². The molecular formula is C14H20N2O. The van der Waals surface area contributed by atoms with Gasteiger partial charge in [0.2, 0.25) is 0 Å². The second kappa shape index (κ2) is 5.81. The van der Waals surface area contributed by atoms with Gasteiger partial charge >= 0.3 is 0 Å². The van der Waals surface area contributed by atoms with Crippen molar-refractivity contribution in [2.24, 2.45) is 0 Å². The second-order valence-electron chi connectivity index (χ2n) is 4.80. The third-order valence-electron chi connectivity index (χ3n) is 2.91. The van der Waals surface area contributed by atoms with E-state index >= 15 is 0 Å². The summed E-state index contributed by atoms with van der Waals surface area (Å²) in [4.78, 5) is 1.97. The number of hydrogen-bond acceptors (Lipinski definition) is 3. The minimum Gasteiger partial charge on any atom is -0.384 e. The van der Waals surface area contributed by atoms with Crippen LogP contribution < -0.4 is 0 Å². The zero-order chi connectivity index (χ0) is 12.9. The second-order valence-corrected chi connectivity index (χ2v) is 4.80. The zero-order valence-corrected chi connectivity index (χ0v) is 10.7. The van der Waals surface area contributed by atoms with Crippen LogP contribution in [0.4, 0.5) is 0 Å². The highest BCUT2D eigenvalue weighted by atomic mass is 16.3. The average Bonchev–Trinajstić information content (AvgIpc) is 2.29. The van der Waals surface area contributed by atoms with E-state index in [-0.39, 0.29) is 6.04 Å². The summed E-state index contributed by atoms with van der Waals surface area (Å²) < 4.78 is 0. The molecule has 0 heterocycles. The van der Waals surface area contributed by atoms with Gasteiger partial charge in [0.25, 0.3) is 0 Å². The first kappa shape index (κ1) is 13.7. The van der Waals surface area contributed by atoms with Crippen LogP contribution in [0.5, 0.6) is 0 Å². The lowest BCUT2D eigenvalue weighted by Crippen LogP contribution is -2.42. The Morgan fingerprint density at radius 3 is 2.41 bits per heavy atom. The highest BCUT2D eigenvalue weighted by Crippen LogP contribution is 2.22. The molecule has 0 aromatic heterocycles. The fourth-order valence-electron chi connectivity index (χ4n) is 1.80. The highest BCUT2D eigenvalue weighted by Gasteiger charge is 2.27. The van der Waals surface area contributed by atoms with Gasteiger partial charge in [0, 0.05) is 12.6 Å². The van der Waals surface area contributed by atoms with Crippen LogP contribution >= 0.6 is 0 Å². The number of rotatable bonds is 5. The molecule has 1 atom stereocenters. The molecule has 0 amide bonds. The van der Waals surface area contributed by atoms with E-state index in [1.165, 1.54) is 0 Å². The molecule has 0 saturated heterocycles. The first-order valence-corrected chi connectivity index (χ1v) is 5.86. The van der Waals surface area contributed by atoms with E-state index in [1.807, 2.05) is 49.1 Å². The normalized spacial score (nSPS) is 14.6. The number of aliphatic hydroxyl groups is 1. The Hall–Kier alpha value is -1.37. The molecule has 1 aromatic rings. The minimum atomic E-state index is -0.928. The van der Waals surface area contributed by atoms with Crippen molar-refractivity contribution in [3.05, 3.63) is 35.9 Å². The maximum atomic E-state index is 10.5. The molecule has 3 heteroatoms. The van der Waals surface area contributed by atoms with Gasteiger partial charge in [-0.25, -0.2) is 0 Å². The molecular weight excluding hydrogens is 212 g/mol. The Labute approximate surface area is 103 Å². The summed E-state index contributed by atoms with van der Waals surface area (Å²) in [5.74, 6) is 0. The monoisotopic (exact) mass is 232 g/mol. The molecule has 0 saturated carbocycles. The Kier molecular flexibility index (Phi) is 4.68. The van der Waals surface area contributed by atoms with Crippen molar-refractivity contribution >= 4 is 0 Å². The van der Waals surface area contributed by atoms with Crippen LogP contribution in [0.25, 0.3) is 0 Å². The summed E-state index contributed by atoms with van der Waals surface area (Å²) in [6, 6.07) is 11.9. The summed E-state index contributed by atoms with van der Waals surface area (Å²) in [5, 5.41) is 19.3. The lowest BCUT2D eigenvalue weighted by molar-refractivity contribution is 0.0109. The predicted octanol–water partition coefficient (Wildman–Crippen LogP) is 2.13. The van der Waals surface area contributed by atoms with Gasteiger partial charge in [-0.1, -0.05) is 30.3 Å². The smallest absolute Gasteiger partial charge is 0.0995 e. The summed E-state index contributed by atoms with van der Waals surface area (Å²) in [7, 11) is 0. The van der Waals surface area contributed by atoms with E-state index in [0.717, 1.165) is 5.56 Å². The van der Waals surface area contributed by atoms with Crippen molar-refractivity contribution in [1.29, 1.82) is 5.26 Å². The van der Waals surface area contributed by atoms with Crippen molar-refractivity contribution in [1.82, 2.24) is 4.90 Å². The topological polar surface area (TPSA) is 47.3 Å². The maximum absolute atomic E-state index is 10.5. The quantitative estimate of drug-likeness (QED) is 0.791. The Morgan fingerprint density at radius 2 is 1.94 bits per heavy atom. The number of benzene rings is 1. The van der Waals surface area contributed by atoms with Gasteiger partial charge in [0.15, 0.2) is 0 Å². The average molecular weight is 232 g/mol. The molecule has 0 aliphatic carbocycles. The van der Waals surface area contributed by atoms with E-state index < -0.39 is 5.60 Å². The highest BCUT2D eigenvalue weighted by molar-refractivity contribution is 5.21. The Balaban J connectivity index is 2.81. The van der Waals surface area contributed by atoms with Crippen LogP contribution in [0.3, 0.4) is 0 Å². The van der Waals surface area contributed by atoms with Crippen LogP contribution in [-0.4, -0.2) is 29.1 Å². The van der Waals surface area contributed by atoms with Gasteiger partial charge < -0.3 is 5.11 Å². The van der Waals surface area contributed by atoms with E-state index in [2.05, 4.69) is 6.07 Å². The lowest BCUT2D eigenvalue weighted by Gasteiger charge is -2.33. The molecule has 92 valence electrons. The first-order chi connectivity index (χ1) is 7.97. The van der Waals surface area contributed by atoms with E-state index in [4.69, 9.17) is 5.26 Å². The van der Waals surface area contributed by atoms with E-state index in [9.17, 15) is 5.11 Å². The summed E-state index contributed by atoms with van der Waals surface area (Å²) >= 11 is 0. The van der Waals surface area contributed by atoms with Gasteiger partial charge in [-0.2, -0.15) is 5.26 Å². The lowest BCUT2D eigenvalue weighted by atomic mass is 9.95. The number of nitrogens with zero attached hydrogens (tertiary/aromatic N) is 2. The molecule has 3 nitrogen and oxygen atoms in total. The minimum absolute atomic E-state index is 0.241. The molecule has 0 aliphatic rings. The van der Waals surface area contributed by atoms with Crippen molar-refractivity contribution < 1.29 is 5.11 Å². The van der Waals surface area contributed by atoms with Crippen LogP contribution in [0.1, 0.15) is 26.3 Å². The molecule has 1 unspecified atom stereocenters. The SMILES string of the molecule is CC(C)N(CC#N)CC(C)(O)c1ccccc1. The molecule has 1 N–H and O–H groups in total. The molecule has 0 spiro atoms. The van der Waals surface area contributed by atoms with Crippen LogP contribution in [0, 0.1) is 11.3 Å². The van der Waals surface area contributed by atoms with Gasteiger partial charge in [-0.15, -0.1) is 0 Å². The number of nitriles is 1. The van der Waals surface area contributed by atoms with Crippen LogP contribution in [0.2, 0.25) is 0 Å². The molecule has 1 rings (SSSR count). The van der Waals surface area contributed by atoms with Crippen LogP contribution in [-0.2, 0) is 5.60 Å². The van der Waals surface area contributed by atoms with Gasteiger partial charge in [0.1, 0.15) is 0 Å². The van der Waals surface area contributed by atoms with Gasteiger partial charge in [-0.05, 0) is 26.3 Å². The van der Waals surface area contributed by atoms with Crippen molar-refractivity contribution in [3.8, 4) is 6.07 Å². The number of hydrogen-bond donors (Lipinski definition) is 1. The standard InChI is InChI=1S/C14H20N2O/c1-12(2)16(10-9-15)11-14(3,17)13-7-5-4-6-8-13/h4-8,12,17H,10-11H2,1-3H3. The zero-order valence-electron chi connectivity index (χ0n) is 10.7. The predicted molar refractivity (Wildman–Crippen MR) is 68.3 cm³/mol. The summed E-state index contributed by atoms with van der Waals surface area (Å²) in [5.41, 5.74) is -0.0499. The van der Waals surface area contributed by atoms with E-state index in [1.54, 1.807) is 6.92 Å². The van der Waals surface area contributed by atoms with Crippen molar-refractivity contribution in [3.63, 3.8) is 0 Å². The Morgan fingerprint density at radius 1 is 1.35 bits per heavy atom. The Bertz CT molecular complexity index is 379. The van der Waals surface area contributed by atoms with Crippen molar-refractivity contribution in [2.45, 2.75) is 32.4 Å². The van der Waals surface area contributed by atoms with Crippen molar-refractivity contribution in [2.75, 3.05) is 13.1 Å². The maximum Gasteiger partial charge on any atom is 0.0995 e. The fraction of sp³-hybridized carbons (Fsp3) is 0.500. The largest absolute Gasteiger partial charge is 0.384 e. The molecule has 0 bridgehead atoms. The molecule has 0 radical (unpaired) electrons. The molecule has 17 heavy (non-hydrogen) atoms.